The van der Waals surface area contributed by atoms with Crippen LogP contribution in [0.2, 0.25) is 10.0 Å². The lowest BCUT2D eigenvalue weighted by Gasteiger charge is -2.34. The number of rotatable bonds is 10. The minimum Gasteiger partial charge on any atom is -0.494 e. The number of hydrogen-bond acceptors (Lipinski definition) is 5. The number of carbonyl (C=O) groups excluding carboxylic acids is 1. The van der Waals surface area contributed by atoms with Crippen molar-refractivity contribution in [3.63, 3.8) is 0 Å². The molecule has 0 saturated carbocycles. The van der Waals surface area contributed by atoms with Gasteiger partial charge in [0.25, 0.3) is 5.91 Å². The van der Waals surface area contributed by atoms with E-state index in [0.29, 0.717) is 55.6 Å². The molecule has 1 saturated heterocycles. The van der Waals surface area contributed by atoms with Gasteiger partial charge in [0.1, 0.15) is 11.4 Å². The number of aromatic carboxylic acids is 1. The number of amides is 1. The average molecular weight is 769 g/mol. The largest absolute Gasteiger partial charge is 0.494 e. The van der Waals surface area contributed by atoms with Gasteiger partial charge in [-0.1, -0.05) is 47.5 Å². The van der Waals surface area contributed by atoms with Crippen LogP contribution in [0, 0.1) is 33.6 Å². The van der Waals surface area contributed by atoms with Crippen molar-refractivity contribution in [3.05, 3.63) is 98.0 Å². The quantitative estimate of drug-likeness (QED) is 0.140. The van der Waals surface area contributed by atoms with Gasteiger partial charge in [-0.15, -0.1) is 0 Å². The molecule has 3 aromatic carbocycles. The summed E-state index contributed by atoms with van der Waals surface area (Å²) in [5, 5.41) is 18.5. The molecule has 280 valence electrons. The molecule has 1 amide bonds. The summed E-state index contributed by atoms with van der Waals surface area (Å²) in [6.45, 7) is 12.3. The third-order valence-corrected chi connectivity index (χ3v) is 12.0. The minimum atomic E-state index is -1.07. The highest BCUT2D eigenvalue weighted by Gasteiger charge is 2.40. The Bertz CT molecular complexity index is 2480. The molecular formula is C42H43Cl2N5O5. The molecule has 6 aromatic rings. The van der Waals surface area contributed by atoms with Gasteiger partial charge in [0.15, 0.2) is 5.69 Å². The predicted octanol–water partition coefficient (Wildman–Crippen LogP) is 9.11. The first-order valence-corrected chi connectivity index (χ1v) is 19.1. The van der Waals surface area contributed by atoms with Crippen LogP contribution in [0.3, 0.4) is 0 Å². The summed E-state index contributed by atoms with van der Waals surface area (Å²) in [7, 11) is 1.92. The maximum absolute atomic E-state index is 15.3. The van der Waals surface area contributed by atoms with Crippen LogP contribution < -0.4 is 9.64 Å². The highest BCUT2D eigenvalue weighted by molar-refractivity contribution is 6.35. The van der Waals surface area contributed by atoms with E-state index in [4.69, 9.17) is 37.8 Å². The van der Waals surface area contributed by atoms with Gasteiger partial charge in [-0.2, -0.15) is 5.10 Å². The summed E-state index contributed by atoms with van der Waals surface area (Å²) in [6, 6.07) is 15.2. The van der Waals surface area contributed by atoms with Gasteiger partial charge in [0.2, 0.25) is 0 Å². The summed E-state index contributed by atoms with van der Waals surface area (Å²) in [6.07, 6.45) is 1.17. The van der Waals surface area contributed by atoms with Crippen molar-refractivity contribution < 1.29 is 24.2 Å². The molecule has 2 aliphatic heterocycles. The molecule has 1 atom stereocenters. The average Bonchev–Trinajstić information content (AvgIpc) is 3.71. The van der Waals surface area contributed by atoms with E-state index < -0.39 is 5.97 Å². The van der Waals surface area contributed by atoms with Crippen molar-refractivity contribution in [3.8, 4) is 16.9 Å². The Morgan fingerprint density at radius 1 is 1.02 bits per heavy atom. The SMILES string of the molecule is Cc1cc(OCCCc2c3n(c4c(-c5c(C)nn(C)c5C)c(Cl)ccc24)[C@H](C)CN(c2c(C(=O)O)n(CC4COC4)c4ccccc24)C3=O)cc(C)c1Cl. The Balaban J connectivity index is 1.29. The molecule has 0 bridgehead atoms. The number of ether oxygens (including phenoxy) is 2. The molecule has 0 unspecified atom stereocenters. The summed E-state index contributed by atoms with van der Waals surface area (Å²) in [5.74, 6) is -0.378. The van der Waals surface area contributed by atoms with Crippen molar-refractivity contribution in [2.75, 3.05) is 31.3 Å². The zero-order valence-electron chi connectivity index (χ0n) is 31.3. The van der Waals surface area contributed by atoms with E-state index in [1.807, 2.05) is 92.5 Å². The van der Waals surface area contributed by atoms with E-state index in [1.54, 1.807) is 4.90 Å². The predicted molar refractivity (Wildman–Crippen MR) is 213 cm³/mol. The molecule has 54 heavy (non-hydrogen) atoms. The highest BCUT2D eigenvalue weighted by Crippen LogP contribution is 2.46. The number of aromatic nitrogens is 4. The fraction of sp³-hybridized carbons (Fsp3) is 0.357. The second kappa shape index (κ2) is 13.8. The van der Waals surface area contributed by atoms with Crippen LogP contribution >= 0.6 is 23.2 Å². The van der Waals surface area contributed by atoms with Crippen LogP contribution in [0.1, 0.15) is 68.4 Å². The Hall–Kier alpha value is -4.77. The van der Waals surface area contributed by atoms with E-state index in [2.05, 4.69) is 11.5 Å². The van der Waals surface area contributed by atoms with Crippen LogP contribution in [-0.4, -0.2) is 62.3 Å². The first-order valence-electron chi connectivity index (χ1n) is 18.4. The number of carbonyl (C=O) groups is 2. The monoisotopic (exact) mass is 767 g/mol. The number of carboxylic acids is 1. The van der Waals surface area contributed by atoms with Crippen molar-refractivity contribution in [1.82, 2.24) is 18.9 Å². The van der Waals surface area contributed by atoms with E-state index in [-0.39, 0.29) is 30.1 Å². The molecular weight excluding hydrogens is 725 g/mol. The van der Waals surface area contributed by atoms with E-state index in [9.17, 15) is 9.90 Å². The lowest BCUT2D eigenvalue weighted by molar-refractivity contribution is -0.0391. The van der Waals surface area contributed by atoms with E-state index >= 15 is 4.79 Å². The van der Waals surface area contributed by atoms with Gasteiger partial charge >= 0.3 is 5.97 Å². The van der Waals surface area contributed by atoms with Gasteiger partial charge in [-0.05, 0) is 88.4 Å². The number of aryl methyl sites for hydroxylation is 5. The molecule has 3 aromatic heterocycles. The van der Waals surface area contributed by atoms with Gasteiger partial charge in [-0.3, -0.25) is 9.48 Å². The second-order valence-corrected chi connectivity index (χ2v) is 15.6. The number of nitrogens with zero attached hydrogens (tertiary/aromatic N) is 5. The number of anilines is 1. The first-order chi connectivity index (χ1) is 25.9. The molecule has 2 aliphatic rings. The van der Waals surface area contributed by atoms with Crippen molar-refractivity contribution in [1.29, 1.82) is 0 Å². The maximum Gasteiger partial charge on any atom is 0.354 e. The Kier molecular flexibility index (Phi) is 9.27. The van der Waals surface area contributed by atoms with Crippen molar-refractivity contribution in [2.45, 2.75) is 60.0 Å². The summed E-state index contributed by atoms with van der Waals surface area (Å²) < 4.78 is 17.5. The maximum atomic E-state index is 15.3. The summed E-state index contributed by atoms with van der Waals surface area (Å²) >= 11 is 13.5. The lowest BCUT2D eigenvalue weighted by Crippen LogP contribution is -2.43. The molecule has 0 radical (unpaired) electrons. The van der Waals surface area contributed by atoms with E-state index in [0.717, 1.165) is 71.8 Å². The summed E-state index contributed by atoms with van der Waals surface area (Å²) in [4.78, 5) is 30.2. The fourth-order valence-corrected chi connectivity index (χ4v) is 8.89. The normalized spacial score (nSPS) is 16.0. The van der Waals surface area contributed by atoms with Gasteiger partial charge in [0.05, 0.1) is 47.3 Å². The number of hydrogen-bond donors (Lipinski definition) is 1. The zero-order valence-corrected chi connectivity index (χ0v) is 32.8. The molecule has 12 heteroatoms. The fourth-order valence-electron chi connectivity index (χ4n) is 8.53. The molecule has 5 heterocycles. The van der Waals surface area contributed by atoms with Crippen LogP contribution in [0.5, 0.6) is 5.75 Å². The minimum absolute atomic E-state index is 0.113. The van der Waals surface area contributed by atoms with E-state index in [1.165, 1.54) is 0 Å². The summed E-state index contributed by atoms with van der Waals surface area (Å²) in [5.41, 5.74) is 9.10. The lowest BCUT2D eigenvalue weighted by atomic mass is 9.98. The molecule has 8 rings (SSSR count). The third-order valence-electron chi connectivity index (χ3n) is 11.1. The van der Waals surface area contributed by atoms with Crippen LogP contribution in [0.4, 0.5) is 5.69 Å². The molecule has 1 fully saturated rings. The Morgan fingerprint density at radius 3 is 2.39 bits per heavy atom. The van der Waals surface area contributed by atoms with Crippen LogP contribution in [0.25, 0.3) is 32.9 Å². The van der Waals surface area contributed by atoms with Crippen LogP contribution in [0.15, 0.2) is 48.5 Å². The standard InChI is InChI=1S/C42H43Cl2N5O5/c1-22-16-28(17-23(2)36(22)44)54-15-9-11-29-30-13-14-32(43)35(34-25(4)45-46(6)26(34)5)37(30)49-24(3)18-48(41(50)39(29)49)38-31-10-7-8-12-33(31)47(40(38)42(51)52)19-27-20-53-21-27/h7-8,10,12-14,16-17,24,27H,9,11,15,18-21H2,1-6H3,(H,51,52)/t24-/m1/s1. The Morgan fingerprint density at radius 2 is 1.74 bits per heavy atom. The zero-order chi connectivity index (χ0) is 38.2. The van der Waals surface area contributed by atoms with Crippen molar-refractivity contribution >= 4 is 62.6 Å². The second-order valence-electron chi connectivity index (χ2n) is 14.8. The van der Waals surface area contributed by atoms with Crippen LogP contribution in [-0.2, 0) is 24.8 Å². The molecule has 0 spiro atoms. The Labute approximate surface area is 323 Å². The van der Waals surface area contributed by atoms with Crippen molar-refractivity contribution in [2.24, 2.45) is 13.0 Å². The number of carboxylic acid groups (broad SMARTS) is 1. The highest BCUT2D eigenvalue weighted by atomic mass is 35.5. The molecule has 10 nitrogen and oxygen atoms in total. The topological polar surface area (TPSA) is 104 Å². The third kappa shape index (κ3) is 5.77. The number of para-hydroxylation sites is 1. The number of halogens is 2. The smallest absolute Gasteiger partial charge is 0.354 e. The number of benzene rings is 3. The molecule has 0 aliphatic carbocycles. The number of fused-ring (bicyclic) bond motifs is 4. The van der Waals surface area contributed by atoms with Gasteiger partial charge in [0, 0.05) is 64.7 Å². The molecule has 1 N–H and O–H groups in total. The van der Waals surface area contributed by atoms with Gasteiger partial charge < -0.3 is 28.6 Å². The van der Waals surface area contributed by atoms with Gasteiger partial charge in [-0.25, -0.2) is 4.79 Å². The first kappa shape index (κ1) is 36.2.